The maximum atomic E-state index is 6.07. The number of benzene rings is 1. The predicted octanol–water partition coefficient (Wildman–Crippen LogP) is 2.89. The molecule has 1 fully saturated rings. The molecule has 92 valence electrons. The van der Waals surface area contributed by atoms with Gasteiger partial charge in [-0.25, -0.2) is 0 Å². The molecule has 0 bridgehead atoms. The second-order valence-corrected chi connectivity index (χ2v) is 4.25. The Balaban J connectivity index is 0.00000112. The van der Waals surface area contributed by atoms with Crippen LogP contribution in [0.15, 0.2) is 24.3 Å². The largest absolute Gasteiger partial charge is 0.323 e. The van der Waals surface area contributed by atoms with Crippen molar-refractivity contribution < 1.29 is 0 Å². The van der Waals surface area contributed by atoms with E-state index in [-0.39, 0.29) is 30.9 Å². The van der Waals surface area contributed by atoms with Crippen molar-refractivity contribution in [3.8, 4) is 0 Å². The summed E-state index contributed by atoms with van der Waals surface area (Å²) in [7, 11) is 0. The van der Waals surface area contributed by atoms with Gasteiger partial charge in [-0.1, -0.05) is 23.7 Å². The molecule has 0 aromatic heterocycles. The molecule has 1 aliphatic heterocycles. The summed E-state index contributed by atoms with van der Waals surface area (Å²) in [6.45, 7) is 3.35. The number of nitrogens with zero attached hydrogens (tertiary/aromatic N) is 1. The molecule has 1 aliphatic rings. The van der Waals surface area contributed by atoms with Gasteiger partial charge in [0.2, 0.25) is 0 Å². The number of rotatable bonds is 3. The highest BCUT2D eigenvalue weighted by atomic mass is 35.5. The summed E-state index contributed by atoms with van der Waals surface area (Å²) in [5.41, 5.74) is 7.24. The number of likely N-dealkylation sites (tertiary alicyclic amines) is 1. The van der Waals surface area contributed by atoms with E-state index < -0.39 is 0 Å². The standard InChI is InChI=1S/C11H15ClN2.2ClH/c12-10-4-2-9(3-5-10)11(13)8-14-6-1-7-14;;/h2-5,11H,1,6-8,13H2;2*1H. The highest BCUT2D eigenvalue weighted by Crippen LogP contribution is 2.17. The first kappa shape index (κ1) is 16.0. The number of hydrogen-bond acceptors (Lipinski definition) is 2. The van der Waals surface area contributed by atoms with Gasteiger partial charge >= 0.3 is 0 Å². The van der Waals surface area contributed by atoms with E-state index in [1.807, 2.05) is 24.3 Å². The van der Waals surface area contributed by atoms with E-state index in [1.54, 1.807) is 0 Å². The highest BCUT2D eigenvalue weighted by Gasteiger charge is 2.17. The summed E-state index contributed by atoms with van der Waals surface area (Å²) in [5, 5.41) is 0.768. The van der Waals surface area contributed by atoms with Gasteiger partial charge in [0.05, 0.1) is 0 Å². The van der Waals surface area contributed by atoms with E-state index in [4.69, 9.17) is 17.3 Å². The van der Waals surface area contributed by atoms with Gasteiger partial charge in [-0.2, -0.15) is 0 Å². The number of hydrogen-bond donors (Lipinski definition) is 1. The topological polar surface area (TPSA) is 29.3 Å². The van der Waals surface area contributed by atoms with Crippen LogP contribution >= 0.6 is 36.4 Å². The predicted molar refractivity (Wildman–Crippen MR) is 73.9 cm³/mol. The van der Waals surface area contributed by atoms with Crippen molar-refractivity contribution in [2.75, 3.05) is 19.6 Å². The van der Waals surface area contributed by atoms with E-state index in [9.17, 15) is 0 Å². The second kappa shape index (κ2) is 7.36. The van der Waals surface area contributed by atoms with Crippen LogP contribution in [-0.2, 0) is 0 Å². The first-order valence-corrected chi connectivity index (χ1v) is 5.37. The van der Waals surface area contributed by atoms with E-state index in [2.05, 4.69) is 4.90 Å². The lowest BCUT2D eigenvalue weighted by Crippen LogP contribution is -2.41. The van der Waals surface area contributed by atoms with Gasteiger partial charge in [-0.3, -0.25) is 0 Å². The first-order valence-electron chi connectivity index (χ1n) is 4.99. The molecule has 1 atom stereocenters. The summed E-state index contributed by atoms with van der Waals surface area (Å²) >= 11 is 5.81. The highest BCUT2D eigenvalue weighted by molar-refractivity contribution is 6.30. The van der Waals surface area contributed by atoms with Crippen LogP contribution in [0, 0.1) is 0 Å². The zero-order valence-electron chi connectivity index (χ0n) is 8.93. The van der Waals surface area contributed by atoms with Crippen LogP contribution in [0.3, 0.4) is 0 Å². The van der Waals surface area contributed by atoms with Crippen molar-refractivity contribution in [1.29, 1.82) is 0 Å². The maximum Gasteiger partial charge on any atom is 0.0424 e. The SMILES string of the molecule is Cl.Cl.NC(CN1CCC1)c1ccc(Cl)cc1. The molecule has 1 heterocycles. The van der Waals surface area contributed by atoms with E-state index in [0.29, 0.717) is 0 Å². The van der Waals surface area contributed by atoms with Crippen LogP contribution in [0.5, 0.6) is 0 Å². The lowest BCUT2D eigenvalue weighted by atomic mass is 10.1. The van der Waals surface area contributed by atoms with Gasteiger partial charge in [-0.05, 0) is 37.2 Å². The molecule has 2 nitrogen and oxygen atoms in total. The fraction of sp³-hybridized carbons (Fsp3) is 0.455. The Morgan fingerprint density at radius 3 is 2.19 bits per heavy atom. The Hall–Kier alpha value is 0.01000. The minimum Gasteiger partial charge on any atom is -0.323 e. The Morgan fingerprint density at radius 2 is 1.75 bits per heavy atom. The Morgan fingerprint density at radius 1 is 1.19 bits per heavy atom. The van der Waals surface area contributed by atoms with Crippen LogP contribution in [0.1, 0.15) is 18.0 Å². The lowest BCUT2D eigenvalue weighted by molar-refractivity contribution is 0.170. The van der Waals surface area contributed by atoms with Crippen molar-refractivity contribution >= 4 is 36.4 Å². The molecule has 1 aromatic carbocycles. The summed E-state index contributed by atoms with van der Waals surface area (Å²) in [5.74, 6) is 0. The van der Waals surface area contributed by atoms with Crippen LogP contribution in [0.2, 0.25) is 5.02 Å². The molecular weight excluding hydrogens is 266 g/mol. The van der Waals surface area contributed by atoms with Crippen molar-refractivity contribution in [2.45, 2.75) is 12.5 Å². The minimum atomic E-state index is 0. The summed E-state index contributed by atoms with van der Waals surface area (Å²) < 4.78 is 0. The molecule has 2 rings (SSSR count). The van der Waals surface area contributed by atoms with Gasteiger partial charge in [0.15, 0.2) is 0 Å². The van der Waals surface area contributed by atoms with Crippen molar-refractivity contribution in [3.05, 3.63) is 34.9 Å². The van der Waals surface area contributed by atoms with Gasteiger partial charge in [0, 0.05) is 17.6 Å². The van der Waals surface area contributed by atoms with Gasteiger partial charge in [0.25, 0.3) is 0 Å². The maximum absolute atomic E-state index is 6.07. The molecule has 0 saturated carbocycles. The monoisotopic (exact) mass is 282 g/mol. The van der Waals surface area contributed by atoms with Gasteiger partial charge in [-0.15, -0.1) is 24.8 Å². The molecule has 1 unspecified atom stereocenters. The molecular formula is C11H17Cl3N2. The fourth-order valence-electron chi connectivity index (χ4n) is 1.66. The van der Waals surface area contributed by atoms with E-state index in [1.165, 1.54) is 25.1 Å². The smallest absolute Gasteiger partial charge is 0.0424 e. The minimum absolute atomic E-state index is 0. The average molecular weight is 284 g/mol. The lowest BCUT2D eigenvalue weighted by Gasteiger charge is -2.33. The van der Waals surface area contributed by atoms with E-state index >= 15 is 0 Å². The van der Waals surface area contributed by atoms with Crippen molar-refractivity contribution in [3.63, 3.8) is 0 Å². The zero-order valence-corrected chi connectivity index (χ0v) is 11.3. The third-order valence-corrected chi connectivity index (χ3v) is 2.95. The van der Waals surface area contributed by atoms with Gasteiger partial charge < -0.3 is 10.6 Å². The van der Waals surface area contributed by atoms with Crippen molar-refractivity contribution in [2.24, 2.45) is 5.73 Å². The third-order valence-electron chi connectivity index (χ3n) is 2.70. The Labute approximate surface area is 114 Å². The molecule has 1 saturated heterocycles. The summed E-state index contributed by atoms with van der Waals surface area (Å²) in [6, 6.07) is 7.92. The van der Waals surface area contributed by atoms with Crippen molar-refractivity contribution in [1.82, 2.24) is 4.90 Å². The molecule has 1 aromatic rings. The molecule has 5 heteroatoms. The molecule has 0 spiro atoms. The Kier molecular flexibility index (Phi) is 7.36. The zero-order chi connectivity index (χ0) is 9.97. The quantitative estimate of drug-likeness (QED) is 0.924. The first-order chi connectivity index (χ1) is 6.75. The molecule has 0 radical (unpaired) electrons. The molecule has 2 N–H and O–H groups in total. The van der Waals surface area contributed by atoms with Crippen LogP contribution in [-0.4, -0.2) is 24.5 Å². The fourth-order valence-corrected chi connectivity index (χ4v) is 1.78. The summed E-state index contributed by atoms with van der Waals surface area (Å²) in [6.07, 6.45) is 1.31. The van der Waals surface area contributed by atoms with Crippen LogP contribution in [0.4, 0.5) is 0 Å². The van der Waals surface area contributed by atoms with Crippen LogP contribution in [0.25, 0.3) is 0 Å². The van der Waals surface area contributed by atoms with E-state index in [0.717, 1.165) is 11.6 Å². The van der Waals surface area contributed by atoms with Gasteiger partial charge in [0.1, 0.15) is 0 Å². The van der Waals surface area contributed by atoms with Crippen LogP contribution < -0.4 is 5.73 Å². The summed E-state index contributed by atoms with van der Waals surface area (Å²) in [4.78, 5) is 2.37. The molecule has 0 amide bonds. The molecule has 0 aliphatic carbocycles. The molecule has 16 heavy (non-hydrogen) atoms. The second-order valence-electron chi connectivity index (χ2n) is 3.81. The Bertz CT molecular complexity index is 299. The normalized spacial score (nSPS) is 16.6. The average Bonchev–Trinajstić information content (AvgIpc) is 2.12. The number of nitrogens with two attached hydrogens (primary N) is 1. The third kappa shape index (κ3) is 4.11. The number of halogens is 3.